The summed E-state index contributed by atoms with van der Waals surface area (Å²) in [5, 5.41) is 8.58. The van der Waals surface area contributed by atoms with Crippen LogP contribution in [0.2, 0.25) is 0 Å². The van der Waals surface area contributed by atoms with Crippen LogP contribution in [0, 0.1) is 0 Å². The van der Waals surface area contributed by atoms with Crippen molar-refractivity contribution in [3.63, 3.8) is 0 Å². The second kappa shape index (κ2) is 3.23. The van der Waals surface area contributed by atoms with Gasteiger partial charge in [-0.1, -0.05) is 6.08 Å². The molecular weight excluding hydrogens is 144 g/mol. The first-order chi connectivity index (χ1) is 5.24. The van der Waals surface area contributed by atoms with E-state index in [1.807, 2.05) is 0 Å². The van der Waals surface area contributed by atoms with Gasteiger partial charge in [-0.3, -0.25) is 0 Å². The number of carbonyl (C=O) groups is 1. The first kappa shape index (κ1) is 7.85. The summed E-state index contributed by atoms with van der Waals surface area (Å²) in [5.41, 5.74) is 0.327. The van der Waals surface area contributed by atoms with E-state index in [1.54, 1.807) is 19.3 Å². The maximum atomic E-state index is 10.4. The highest BCUT2D eigenvalue weighted by Gasteiger charge is 2.10. The molecule has 0 aliphatic heterocycles. The fraction of sp³-hybridized carbons (Fsp3) is 0.375. The van der Waals surface area contributed by atoms with Gasteiger partial charge in [0.2, 0.25) is 0 Å². The van der Waals surface area contributed by atoms with E-state index in [-0.39, 0.29) is 0 Å². The molecule has 0 saturated heterocycles. The van der Waals surface area contributed by atoms with Crippen LogP contribution in [0.15, 0.2) is 23.5 Å². The van der Waals surface area contributed by atoms with E-state index in [2.05, 4.69) is 0 Å². The summed E-state index contributed by atoms with van der Waals surface area (Å²) in [6.45, 7) is 0. The molecule has 3 nitrogen and oxygen atoms in total. The third-order valence-electron chi connectivity index (χ3n) is 1.58. The molecule has 1 rings (SSSR count). The van der Waals surface area contributed by atoms with Gasteiger partial charge in [0.15, 0.2) is 0 Å². The molecule has 0 atom stereocenters. The number of rotatable bonds is 2. The molecule has 0 spiro atoms. The standard InChI is InChI=1S/C8H10O3/c1-11-7-4-2-3-6(5-7)8(9)10/h3,5H,2,4H2,1H3,(H,9,10). The minimum atomic E-state index is -0.890. The van der Waals surface area contributed by atoms with Gasteiger partial charge in [-0.05, 0) is 12.5 Å². The maximum Gasteiger partial charge on any atom is 0.335 e. The average molecular weight is 154 g/mol. The van der Waals surface area contributed by atoms with Crippen LogP contribution in [0.3, 0.4) is 0 Å². The molecule has 11 heavy (non-hydrogen) atoms. The Balaban J connectivity index is 2.76. The minimum Gasteiger partial charge on any atom is -0.501 e. The molecule has 0 amide bonds. The van der Waals surface area contributed by atoms with Gasteiger partial charge in [-0.25, -0.2) is 4.79 Å². The molecule has 60 valence electrons. The predicted molar refractivity (Wildman–Crippen MR) is 40.0 cm³/mol. The molecule has 0 fully saturated rings. The molecule has 0 aromatic carbocycles. The molecule has 0 aromatic heterocycles. The van der Waals surface area contributed by atoms with Gasteiger partial charge in [0.05, 0.1) is 18.4 Å². The normalized spacial score (nSPS) is 16.8. The van der Waals surface area contributed by atoms with Crippen molar-refractivity contribution in [1.29, 1.82) is 0 Å². The largest absolute Gasteiger partial charge is 0.501 e. The molecule has 0 radical (unpaired) electrons. The number of hydrogen-bond acceptors (Lipinski definition) is 2. The summed E-state index contributed by atoms with van der Waals surface area (Å²) < 4.78 is 4.93. The van der Waals surface area contributed by atoms with Gasteiger partial charge in [0, 0.05) is 6.42 Å². The molecule has 0 saturated carbocycles. The van der Waals surface area contributed by atoms with Gasteiger partial charge in [0.1, 0.15) is 0 Å². The Kier molecular flexibility index (Phi) is 2.31. The third-order valence-corrected chi connectivity index (χ3v) is 1.58. The topological polar surface area (TPSA) is 46.5 Å². The molecule has 3 heteroatoms. The molecule has 1 aliphatic rings. The van der Waals surface area contributed by atoms with Gasteiger partial charge in [-0.2, -0.15) is 0 Å². The first-order valence-electron chi connectivity index (χ1n) is 3.42. The first-order valence-corrected chi connectivity index (χ1v) is 3.42. The number of ether oxygens (including phenoxy) is 1. The Labute approximate surface area is 65.0 Å². The van der Waals surface area contributed by atoms with E-state index in [4.69, 9.17) is 9.84 Å². The lowest BCUT2D eigenvalue weighted by Crippen LogP contribution is -2.03. The van der Waals surface area contributed by atoms with Crippen molar-refractivity contribution in [2.75, 3.05) is 7.11 Å². The molecule has 1 N–H and O–H groups in total. The molecule has 1 aliphatic carbocycles. The number of aliphatic carboxylic acids is 1. The van der Waals surface area contributed by atoms with Crippen LogP contribution in [0.5, 0.6) is 0 Å². The van der Waals surface area contributed by atoms with Gasteiger partial charge in [-0.15, -0.1) is 0 Å². The van der Waals surface area contributed by atoms with Crippen LogP contribution in [-0.4, -0.2) is 18.2 Å². The number of hydrogen-bond donors (Lipinski definition) is 1. The number of methoxy groups -OCH3 is 1. The highest BCUT2D eigenvalue weighted by atomic mass is 16.5. The summed E-state index contributed by atoms with van der Waals surface area (Å²) in [6.07, 6.45) is 4.81. The zero-order valence-corrected chi connectivity index (χ0v) is 6.33. The van der Waals surface area contributed by atoms with Crippen LogP contribution < -0.4 is 0 Å². The van der Waals surface area contributed by atoms with E-state index in [0.29, 0.717) is 5.57 Å². The summed E-state index contributed by atoms with van der Waals surface area (Å²) in [4.78, 5) is 10.4. The van der Waals surface area contributed by atoms with Crippen molar-refractivity contribution < 1.29 is 14.6 Å². The third kappa shape index (κ3) is 1.83. The highest BCUT2D eigenvalue weighted by molar-refractivity contribution is 5.90. The minimum absolute atomic E-state index is 0.327. The Morgan fingerprint density at radius 3 is 3.00 bits per heavy atom. The zero-order valence-electron chi connectivity index (χ0n) is 6.33. The maximum absolute atomic E-state index is 10.4. The Morgan fingerprint density at radius 1 is 1.73 bits per heavy atom. The average Bonchev–Trinajstić information content (AvgIpc) is 2.05. The Bertz CT molecular complexity index is 225. The van der Waals surface area contributed by atoms with E-state index in [9.17, 15) is 4.79 Å². The molecule has 0 unspecified atom stereocenters. The molecule has 0 bridgehead atoms. The number of allylic oxidation sites excluding steroid dienone is 2. The van der Waals surface area contributed by atoms with E-state index >= 15 is 0 Å². The lowest BCUT2D eigenvalue weighted by atomic mass is 10.1. The summed E-state index contributed by atoms with van der Waals surface area (Å²) >= 11 is 0. The fourth-order valence-electron chi connectivity index (χ4n) is 0.984. The van der Waals surface area contributed by atoms with Gasteiger partial charge in [0.25, 0.3) is 0 Å². The van der Waals surface area contributed by atoms with Crippen molar-refractivity contribution in [3.8, 4) is 0 Å². The quantitative estimate of drug-likeness (QED) is 0.652. The number of carboxylic acid groups (broad SMARTS) is 1. The van der Waals surface area contributed by atoms with Crippen molar-refractivity contribution >= 4 is 5.97 Å². The summed E-state index contributed by atoms with van der Waals surface area (Å²) in [7, 11) is 1.55. The molecule has 0 heterocycles. The summed E-state index contributed by atoms with van der Waals surface area (Å²) in [5.74, 6) is -0.149. The number of carboxylic acids is 1. The molecular formula is C8H10O3. The monoisotopic (exact) mass is 154 g/mol. The van der Waals surface area contributed by atoms with Crippen LogP contribution in [-0.2, 0) is 9.53 Å². The predicted octanol–water partition coefficient (Wildman–Crippen LogP) is 1.32. The lowest BCUT2D eigenvalue weighted by Gasteiger charge is -2.09. The molecule has 0 aromatic rings. The van der Waals surface area contributed by atoms with E-state index in [1.165, 1.54) is 0 Å². The van der Waals surface area contributed by atoms with Gasteiger partial charge >= 0.3 is 5.97 Å². The SMILES string of the molecule is COC1=CC(C(=O)O)=CCC1. The Morgan fingerprint density at radius 2 is 2.45 bits per heavy atom. The second-order valence-electron chi connectivity index (χ2n) is 2.32. The van der Waals surface area contributed by atoms with Crippen molar-refractivity contribution in [3.05, 3.63) is 23.5 Å². The van der Waals surface area contributed by atoms with E-state index in [0.717, 1.165) is 18.6 Å². The zero-order chi connectivity index (χ0) is 8.27. The van der Waals surface area contributed by atoms with Gasteiger partial charge < -0.3 is 9.84 Å². The second-order valence-corrected chi connectivity index (χ2v) is 2.32. The van der Waals surface area contributed by atoms with Crippen molar-refractivity contribution in [1.82, 2.24) is 0 Å². The fourth-order valence-corrected chi connectivity index (χ4v) is 0.984. The lowest BCUT2D eigenvalue weighted by molar-refractivity contribution is -0.132. The van der Waals surface area contributed by atoms with Crippen LogP contribution in [0.25, 0.3) is 0 Å². The summed E-state index contributed by atoms with van der Waals surface area (Å²) in [6, 6.07) is 0. The van der Waals surface area contributed by atoms with E-state index < -0.39 is 5.97 Å². The highest BCUT2D eigenvalue weighted by Crippen LogP contribution is 2.17. The van der Waals surface area contributed by atoms with Crippen LogP contribution >= 0.6 is 0 Å². The van der Waals surface area contributed by atoms with Crippen LogP contribution in [0.1, 0.15) is 12.8 Å². The smallest absolute Gasteiger partial charge is 0.335 e. The van der Waals surface area contributed by atoms with Crippen molar-refractivity contribution in [2.24, 2.45) is 0 Å². The van der Waals surface area contributed by atoms with Crippen LogP contribution in [0.4, 0.5) is 0 Å². The Hall–Kier alpha value is -1.25. The van der Waals surface area contributed by atoms with Crippen molar-refractivity contribution in [2.45, 2.75) is 12.8 Å².